The first-order valence-electron chi connectivity index (χ1n) is 3.85. The van der Waals surface area contributed by atoms with E-state index >= 15 is 0 Å². The van der Waals surface area contributed by atoms with Gasteiger partial charge in [-0.25, -0.2) is 0 Å². The van der Waals surface area contributed by atoms with Gasteiger partial charge in [0.1, 0.15) is 6.10 Å². The fourth-order valence-corrected chi connectivity index (χ4v) is 1.21. The second-order valence-electron chi connectivity index (χ2n) is 3.05. The first kappa shape index (κ1) is 9.44. The van der Waals surface area contributed by atoms with Crippen LogP contribution in [-0.4, -0.2) is 57.5 Å². The molecule has 1 heterocycles. The van der Waals surface area contributed by atoms with Crippen molar-refractivity contribution in [3.05, 3.63) is 0 Å². The largest absolute Gasteiger partial charge is 0.388 e. The van der Waals surface area contributed by atoms with Crippen molar-refractivity contribution in [2.24, 2.45) is 0 Å². The lowest BCUT2D eigenvalue weighted by Crippen LogP contribution is -2.36. The van der Waals surface area contributed by atoms with Gasteiger partial charge in [0.25, 0.3) is 5.91 Å². The van der Waals surface area contributed by atoms with Gasteiger partial charge in [-0.15, -0.1) is 0 Å². The number of β-amino-alcohol motifs (C(OH)–C–C–N with tert-alkyl or cyclic N) is 2. The molecule has 1 rings (SSSR count). The van der Waals surface area contributed by atoms with Crippen LogP contribution in [0.25, 0.3) is 0 Å². The number of hydrogen-bond donors (Lipinski definition) is 3. The van der Waals surface area contributed by atoms with Crippen molar-refractivity contribution in [3.63, 3.8) is 0 Å². The summed E-state index contributed by atoms with van der Waals surface area (Å²) in [5.74, 6) is -0.453. The summed E-state index contributed by atoms with van der Waals surface area (Å²) in [7, 11) is 0. The standard InChI is InChI=1S/C7H13NO4/c1-4(9)7(12)8-2-5(10)6(11)3-8/h4-6,9-11H,2-3H2,1H3/t4-,5-,6+/m1/s1. The highest BCUT2D eigenvalue weighted by Gasteiger charge is 2.33. The lowest BCUT2D eigenvalue weighted by molar-refractivity contribution is -0.138. The molecule has 0 aromatic heterocycles. The molecule has 0 saturated carbocycles. The van der Waals surface area contributed by atoms with Gasteiger partial charge in [0.15, 0.2) is 0 Å². The van der Waals surface area contributed by atoms with Gasteiger partial charge in [-0.3, -0.25) is 4.79 Å². The molecule has 1 amide bonds. The number of hydrogen-bond acceptors (Lipinski definition) is 4. The van der Waals surface area contributed by atoms with E-state index in [0.29, 0.717) is 0 Å². The molecule has 3 atom stereocenters. The molecule has 5 heteroatoms. The van der Waals surface area contributed by atoms with E-state index in [2.05, 4.69) is 0 Å². The Labute approximate surface area is 70.2 Å². The number of nitrogens with zero attached hydrogens (tertiary/aromatic N) is 1. The Morgan fingerprint density at radius 3 is 2.17 bits per heavy atom. The van der Waals surface area contributed by atoms with Crippen LogP contribution in [0.3, 0.4) is 0 Å². The van der Waals surface area contributed by atoms with Crippen molar-refractivity contribution in [1.82, 2.24) is 4.90 Å². The predicted molar refractivity (Wildman–Crippen MR) is 40.3 cm³/mol. The van der Waals surface area contributed by atoms with Gasteiger partial charge in [0.2, 0.25) is 0 Å². The molecule has 1 aliphatic rings. The Balaban J connectivity index is 2.52. The van der Waals surface area contributed by atoms with Crippen molar-refractivity contribution < 1.29 is 20.1 Å². The van der Waals surface area contributed by atoms with E-state index < -0.39 is 24.2 Å². The van der Waals surface area contributed by atoms with E-state index in [1.165, 1.54) is 11.8 Å². The van der Waals surface area contributed by atoms with Gasteiger partial charge >= 0.3 is 0 Å². The van der Waals surface area contributed by atoms with E-state index in [4.69, 9.17) is 15.3 Å². The molecule has 5 nitrogen and oxygen atoms in total. The fraction of sp³-hybridized carbons (Fsp3) is 0.857. The number of rotatable bonds is 1. The van der Waals surface area contributed by atoms with Gasteiger partial charge < -0.3 is 20.2 Å². The van der Waals surface area contributed by atoms with Crippen LogP contribution < -0.4 is 0 Å². The maximum atomic E-state index is 11.1. The van der Waals surface area contributed by atoms with Crippen molar-refractivity contribution >= 4 is 5.91 Å². The van der Waals surface area contributed by atoms with Crippen molar-refractivity contribution in [1.29, 1.82) is 0 Å². The first-order valence-corrected chi connectivity index (χ1v) is 3.85. The molecule has 0 aromatic rings. The monoisotopic (exact) mass is 175 g/mol. The number of carbonyl (C=O) groups excluding carboxylic acids is 1. The van der Waals surface area contributed by atoms with Gasteiger partial charge in [-0.1, -0.05) is 0 Å². The maximum Gasteiger partial charge on any atom is 0.251 e. The molecule has 3 N–H and O–H groups in total. The lowest BCUT2D eigenvalue weighted by atomic mass is 10.3. The Morgan fingerprint density at radius 1 is 1.42 bits per heavy atom. The second kappa shape index (κ2) is 3.38. The third-order valence-corrected chi connectivity index (χ3v) is 1.93. The van der Waals surface area contributed by atoms with Crippen molar-refractivity contribution in [3.8, 4) is 0 Å². The molecular weight excluding hydrogens is 162 g/mol. The summed E-state index contributed by atoms with van der Waals surface area (Å²) >= 11 is 0. The maximum absolute atomic E-state index is 11.1. The van der Waals surface area contributed by atoms with Crippen molar-refractivity contribution in [2.45, 2.75) is 25.2 Å². The smallest absolute Gasteiger partial charge is 0.251 e. The molecule has 0 aliphatic carbocycles. The molecule has 0 spiro atoms. The van der Waals surface area contributed by atoms with E-state index in [0.717, 1.165) is 0 Å². The highest BCUT2D eigenvalue weighted by atomic mass is 16.3. The molecule has 70 valence electrons. The van der Waals surface area contributed by atoms with Crippen LogP contribution in [0.4, 0.5) is 0 Å². The second-order valence-corrected chi connectivity index (χ2v) is 3.05. The van der Waals surface area contributed by atoms with E-state index in [1.807, 2.05) is 0 Å². The number of aliphatic hydroxyl groups is 3. The van der Waals surface area contributed by atoms with Gasteiger partial charge in [0, 0.05) is 13.1 Å². The van der Waals surface area contributed by atoms with Crippen LogP contribution in [-0.2, 0) is 4.79 Å². The molecule has 0 aromatic carbocycles. The van der Waals surface area contributed by atoms with Crippen LogP contribution in [0, 0.1) is 0 Å². The molecule has 1 aliphatic heterocycles. The van der Waals surface area contributed by atoms with E-state index in [1.54, 1.807) is 0 Å². The number of amides is 1. The molecule has 1 saturated heterocycles. The molecule has 0 bridgehead atoms. The minimum absolute atomic E-state index is 0.102. The van der Waals surface area contributed by atoms with Crippen LogP contribution in [0.15, 0.2) is 0 Å². The zero-order valence-electron chi connectivity index (χ0n) is 6.84. The average molecular weight is 175 g/mol. The van der Waals surface area contributed by atoms with Gasteiger partial charge in [-0.2, -0.15) is 0 Å². The SMILES string of the molecule is C[C@@H](O)C(=O)N1C[C@@H](O)[C@@H](O)C1. The summed E-state index contributed by atoms with van der Waals surface area (Å²) in [5.41, 5.74) is 0. The fourth-order valence-electron chi connectivity index (χ4n) is 1.21. The molecular formula is C7H13NO4. The van der Waals surface area contributed by atoms with Crippen LogP contribution in [0.2, 0.25) is 0 Å². The topological polar surface area (TPSA) is 81.0 Å². The highest BCUT2D eigenvalue weighted by molar-refractivity contribution is 5.80. The molecule has 0 unspecified atom stereocenters. The average Bonchev–Trinajstić information content (AvgIpc) is 2.30. The number of likely N-dealkylation sites (tertiary alicyclic amines) is 1. The summed E-state index contributed by atoms with van der Waals surface area (Å²) in [6.45, 7) is 1.56. The summed E-state index contributed by atoms with van der Waals surface area (Å²) in [6, 6.07) is 0. The number of aliphatic hydroxyl groups excluding tert-OH is 3. The zero-order chi connectivity index (χ0) is 9.30. The quantitative estimate of drug-likeness (QED) is 0.427. The first-order chi connectivity index (χ1) is 5.52. The van der Waals surface area contributed by atoms with Gasteiger partial charge in [0.05, 0.1) is 12.2 Å². The third kappa shape index (κ3) is 1.74. The van der Waals surface area contributed by atoms with Crippen LogP contribution in [0.1, 0.15) is 6.92 Å². The minimum Gasteiger partial charge on any atom is -0.388 e. The summed E-state index contributed by atoms with van der Waals surface area (Å²) < 4.78 is 0. The van der Waals surface area contributed by atoms with Crippen LogP contribution in [0.5, 0.6) is 0 Å². The third-order valence-electron chi connectivity index (χ3n) is 1.93. The Hall–Kier alpha value is -0.650. The number of carbonyl (C=O) groups is 1. The molecule has 12 heavy (non-hydrogen) atoms. The van der Waals surface area contributed by atoms with E-state index in [-0.39, 0.29) is 13.1 Å². The zero-order valence-corrected chi connectivity index (χ0v) is 6.84. The Morgan fingerprint density at radius 2 is 1.83 bits per heavy atom. The lowest BCUT2D eigenvalue weighted by Gasteiger charge is -2.16. The van der Waals surface area contributed by atoms with Gasteiger partial charge in [-0.05, 0) is 6.92 Å². The summed E-state index contributed by atoms with van der Waals surface area (Å²) in [5, 5.41) is 27.0. The summed E-state index contributed by atoms with van der Waals surface area (Å²) in [4.78, 5) is 12.3. The predicted octanol–water partition coefficient (Wildman–Crippen LogP) is -2.07. The van der Waals surface area contributed by atoms with Crippen molar-refractivity contribution in [2.75, 3.05) is 13.1 Å². The van der Waals surface area contributed by atoms with Crippen LogP contribution >= 0.6 is 0 Å². The summed E-state index contributed by atoms with van der Waals surface area (Å²) in [6.07, 6.45) is -2.83. The normalized spacial score (nSPS) is 32.2. The molecule has 1 fully saturated rings. The molecule has 0 radical (unpaired) electrons. The minimum atomic E-state index is -1.07. The Bertz CT molecular complexity index is 172. The highest BCUT2D eigenvalue weighted by Crippen LogP contribution is 2.10. The Kier molecular flexibility index (Phi) is 2.66. The van der Waals surface area contributed by atoms with E-state index in [9.17, 15) is 4.79 Å².